The third-order valence-electron chi connectivity index (χ3n) is 3.08. The van der Waals surface area contributed by atoms with Gasteiger partial charge in [-0.15, -0.1) is 0 Å². The van der Waals surface area contributed by atoms with Gasteiger partial charge in [0.1, 0.15) is 6.07 Å². The minimum absolute atomic E-state index is 0.468. The van der Waals surface area contributed by atoms with Crippen LogP contribution >= 0.6 is 0 Å². The van der Waals surface area contributed by atoms with Crippen LogP contribution in [0.1, 0.15) is 19.4 Å². The number of piperazine rings is 1. The molecule has 17 heavy (non-hydrogen) atoms. The molecule has 90 valence electrons. The molecule has 0 saturated carbocycles. The summed E-state index contributed by atoms with van der Waals surface area (Å²) in [6.45, 7) is 6.29. The molecule has 3 N–H and O–H groups in total. The van der Waals surface area contributed by atoms with E-state index in [2.05, 4.69) is 30.1 Å². The molecule has 0 aromatic heterocycles. The Morgan fingerprint density at radius 1 is 1.35 bits per heavy atom. The number of nitriles is 1. The molecule has 0 unspecified atom stereocenters. The van der Waals surface area contributed by atoms with Crippen molar-refractivity contribution in [3.63, 3.8) is 0 Å². The first-order chi connectivity index (χ1) is 8.10. The molecule has 4 heteroatoms. The van der Waals surface area contributed by atoms with Gasteiger partial charge in [0.05, 0.1) is 11.3 Å². The van der Waals surface area contributed by atoms with Crippen LogP contribution in [0.2, 0.25) is 0 Å². The number of hydrogen-bond donors (Lipinski definition) is 2. The molecule has 1 saturated heterocycles. The van der Waals surface area contributed by atoms with E-state index in [9.17, 15) is 0 Å². The number of nitrogens with one attached hydrogen (secondary N) is 1. The van der Waals surface area contributed by atoms with Gasteiger partial charge in [-0.1, -0.05) is 0 Å². The molecule has 2 atom stereocenters. The lowest BCUT2D eigenvalue weighted by molar-refractivity contribution is 0.407. The molecule has 0 spiro atoms. The molecule has 1 aromatic carbocycles. The maximum Gasteiger partial charge on any atom is 0.101 e. The second-order valence-electron chi connectivity index (χ2n) is 4.76. The Morgan fingerprint density at radius 3 is 2.53 bits per heavy atom. The molecular formula is C13H18N4. The third-order valence-corrected chi connectivity index (χ3v) is 3.08. The predicted octanol–water partition coefficient (Wildman–Crippen LogP) is 1.33. The van der Waals surface area contributed by atoms with Gasteiger partial charge >= 0.3 is 0 Å². The Morgan fingerprint density at radius 2 is 2.00 bits per heavy atom. The maximum absolute atomic E-state index is 8.85. The Kier molecular flexibility index (Phi) is 3.21. The zero-order chi connectivity index (χ0) is 12.4. The van der Waals surface area contributed by atoms with E-state index in [4.69, 9.17) is 11.0 Å². The Labute approximate surface area is 102 Å². The van der Waals surface area contributed by atoms with E-state index in [0.717, 1.165) is 18.8 Å². The van der Waals surface area contributed by atoms with E-state index in [1.165, 1.54) is 0 Å². The van der Waals surface area contributed by atoms with Crippen LogP contribution in [0.3, 0.4) is 0 Å². The van der Waals surface area contributed by atoms with Crippen LogP contribution in [0.5, 0.6) is 0 Å². The molecule has 0 radical (unpaired) electrons. The first-order valence-electron chi connectivity index (χ1n) is 5.90. The van der Waals surface area contributed by atoms with Crippen molar-refractivity contribution in [1.29, 1.82) is 5.26 Å². The number of nitrogens with zero attached hydrogens (tertiary/aromatic N) is 2. The summed E-state index contributed by atoms with van der Waals surface area (Å²) in [6, 6.07) is 8.68. The highest BCUT2D eigenvalue weighted by Gasteiger charge is 2.21. The van der Waals surface area contributed by atoms with Gasteiger partial charge in [0.15, 0.2) is 0 Å². The van der Waals surface area contributed by atoms with E-state index in [1.807, 2.05) is 12.1 Å². The Bertz CT molecular complexity index is 439. The molecule has 0 bridgehead atoms. The Hall–Kier alpha value is -1.73. The average molecular weight is 230 g/mol. The van der Waals surface area contributed by atoms with Crippen molar-refractivity contribution in [2.75, 3.05) is 23.7 Å². The van der Waals surface area contributed by atoms with Crippen LogP contribution in [0.25, 0.3) is 0 Å². The molecule has 2 rings (SSSR count). The number of anilines is 2. The molecule has 1 aliphatic heterocycles. The van der Waals surface area contributed by atoms with Crippen molar-refractivity contribution in [1.82, 2.24) is 5.32 Å². The van der Waals surface area contributed by atoms with Crippen LogP contribution < -0.4 is 16.0 Å². The summed E-state index contributed by atoms with van der Waals surface area (Å²) in [5.74, 6) is 0. The maximum atomic E-state index is 8.85. The summed E-state index contributed by atoms with van der Waals surface area (Å²) in [4.78, 5) is 2.31. The van der Waals surface area contributed by atoms with Gasteiger partial charge in [-0.25, -0.2) is 0 Å². The predicted molar refractivity (Wildman–Crippen MR) is 69.8 cm³/mol. The number of benzene rings is 1. The van der Waals surface area contributed by atoms with Crippen LogP contribution in [0.4, 0.5) is 11.4 Å². The first-order valence-corrected chi connectivity index (χ1v) is 5.90. The highest BCUT2D eigenvalue weighted by molar-refractivity contribution is 5.63. The van der Waals surface area contributed by atoms with Gasteiger partial charge in [0, 0.05) is 30.9 Å². The first kappa shape index (κ1) is 11.7. The van der Waals surface area contributed by atoms with Crippen molar-refractivity contribution in [3.8, 4) is 6.07 Å². The zero-order valence-electron chi connectivity index (χ0n) is 10.3. The SMILES string of the molecule is C[C@@H]1CN(c2ccc(C#N)c(N)c2)C[C@H](C)N1. The molecule has 0 aliphatic carbocycles. The van der Waals surface area contributed by atoms with Gasteiger partial charge in [-0.05, 0) is 32.0 Å². The highest BCUT2D eigenvalue weighted by Crippen LogP contribution is 2.22. The lowest BCUT2D eigenvalue weighted by Gasteiger charge is -2.37. The largest absolute Gasteiger partial charge is 0.398 e. The van der Waals surface area contributed by atoms with E-state index in [1.54, 1.807) is 6.07 Å². The molecule has 0 amide bonds. The van der Waals surface area contributed by atoms with Gasteiger partial charge in [-0.3, -0.25) is 0 Å². The summed E-state index contributed by atoms with van der Waals surface area (Å²) in [5, 5.41) is 12.3. The highest BCUT2D eigenvalue weighted by atomic mass is 15.2. The zero-order valence-corrected chi connectivity index (χ0v) is 10.3. The second kappa shape index (κ2) is 4.64. The summed E-state index contributed by atoms with van der Waals surface area (Å²) < 4.78 is 0. The molecule has 1 heterocycles. The summed E-state index contributed by atoms with van der Waals surface area (Å²) >= 11 is 0. The average Bonchev–Trinajstić information content (AvgIpc) is 2.27. The third kappa shape index (κ3) is 2.51. The van der Waals surface area contributed by atoms with Crippen LogP contribution in [0, 0.1) is 11.3 Å². The number of nitrogens with two attached hydrogens (primary N) is 1. The normalized spacial score (nSPS) is 24.4. The fraction of sp³-hybridized carbons (Fsp3) is 0.462. The summed E-state index contributed by atoms with van der Waals surface area (Å²) in [7, 11) is 0. The van der Waals surface area contributed by atoms with Crippen molar-refractivity contribution >= 4 is 11.4 Å². The number of hydrogen-bond acceptors (Lipinski definition) is 4. The summed E-state index contributed by atoms with van der Waals surface area (Å²) in [6.07, 6.45) is 0. The molecule has 4 nitrogen and oxygen atoms in total. The van der Waals surface area contributed by atoms with E-state index < -0.39 is 0 Å². The fourth-order valence-corrected chi connectivity index (χ4v) is 2.39. The van der Waals surface area contributed by atoms with Gasteiger partial charge in [0.2, 0.25) is 0 Å². The van der Waals surface area contributed by atoms with E-state index in [0.29, 0.717) is 23.3 Å². The fourth-order valence-electron chi connectivity index (χ4n) is 2.39. The van der Waals surface area contributed by atoms with Crippen molar-refractivity contribution in [2.24, 2.45) is 0 Å². The minimum Gasteiger partial charge on any atom is -0.398 e. The van der Waals surface area contributed by atoms with E-state index in [-0.39, 0.29) is 0 Å². The number of rotatable bonds is 1. The van der Waals surface area contributed by atoms with Crippen LogP contribution in [-0.4, -0.2) is 25.2 Å². The molecule has 1 aliphatic rings. The van der Waals surface area contributed by atoms with Crippen molar-refractivity contribution in [2.45, 2.75) is 25.9 Å². The van der Waals surface area contributed by atoms with Crippen molar-refractivity contribution in [3.05, 3.63) is 23.8 Å². The van der Waals surface area contributed by atoms with Gasteiger partial charge in [0.25, 0.3) is 0 Å². The van der Waals surface area contributed by atoms with Crippen LogP contribution in [-0.2, 0) is 0 Å². The quantitative estimate of drug-likeness (QED) is 0.714. The molecule has 1 fully saturated rings. The smallest absolute Gasteiger partial charge is 0.101 e. The van der Waals surface area contributed by atoms with Gasteiger partial charge in [-0.2, -0.15) is 5.26 Å². The van der Waals surface area contributed by atoms with E-state index >= 15 is 0 Å². The molecular weight excluding hydrogens is 212 g/mol. The van der Waals surface area contributed by atoms with Crippen LogP contribution in [0.15, 0.2) is 18.2 Å². The standard InChI is InChI=1S/C13H18N4/c1-9-7-17(8-10(2)16-9)12-4-3-11(6-14)13(15)5-12/h3-5,9-10,16H,7-8,15H2,1-2H3/t9-,10+. The monoisotopic (exact) mass is 230 g/mol. The Balaban J connectivity index is 2.22. The number of nitrogen functional groups attached to an aromatic ring is 1. The lowest BCUT2D eigenvalue weighted by atomic mass is 10.1. The molecule has 1 aromatic rings. The second-order valence-corrected chi connectivity index (χ2v) is 4.76. The van der Waals surface area contributed by atoms with Crippen molar-refractivity contribution < 1.29 is 0 Å². The lowest BCUT2D eigenvalue weighted by Crippen LogP contribution is -2.54. The summed E-state index contributed by atoms with van der Waals surface area (Å²) in [5.41, 5.74) is 8.05. The van der Waals surface area contributed by atoms with Gasteiger partial charge < -0.3 is 16.0 Å². The topological polar surface area (TPSA) is 65.1 Å². The minimum atomic E-state index is 0.468.